The molecule has 0 saturated carbocycles. The molecule has 1 aromatic heterocycles. The lowest BCUT2D eigenvalue weighted by Gasteiger charge is -2.48. The number of carbonyl (C=O) groups excluding carboxylic acids is 2. The molecule has 27 heavy (non-hydrogen) atoms. The van der Waals surface area contributed by atoms with Gasteiger partial charge in [0.05, 0.1) is 0 Å². The first kappa shape index (κ1) is 19.6. The van der Waals surface area contributed by atoms with E-state index >= 15 is 0 Å². The number of rotatable bonds is 5. The van der Waals surface area contributed by atoms with Gasteiger partial charge >= 0.3 is 6.03 Å². The normalized spacial score (nSPS) is 19.4. The summed E-state index contributed by atoms with van der Waals surface area (Å²) in [5.41, 5.74) is 1.41. The Balaban J connectivity index is 1.56. The Morgan fingerprint density at radius 1 is 1.15 bits per heavy atom. The Kier molecular flexibility index (Phi) is 6.34. The van der Waals surface area contributed by atoms with Crippen LogP contribution in [0.3, 0.4) is 0 Å². The number of urea groups is 1. The molecular weight excluding hydrogens is 340 g/mol. The van der Waals surface area contributed by atoms with E-state index in [0.29, 0.717) is 6.42 Å². The van der Waals surface area contributed by atoms with E-state index in [1.165, 1.54) is 5.56 Å². The summed E-state index contributed by atoms with van der Waals surface area (Å²) in [6.45, 7) is 8.80. The van der Waals surface area contributed by atoms with Crippen molar-refractivity contribution in [2.75, 3.05) is 39.3 Å². The second-order valence-electron chi connectivity index (χ2n) is 7.86. The first-order valence-corrected chi connectivity index (χ1v) is 10.3. The lowest BCUT2D eigenvalue weighted by Crippen LogP contribution is -2.54. The highest BCUT2D eigenvalue weighted by Gasteiger charge is 2.41. The molecule has 0 aliphatic carbocycles. The van der Waals surface area contributed by atoms with Crippen molar-refractivity contribution in [2.24, 2.45) is 5.41 Å². The van der Waals surface area contributed by atoms with Gasteiger partial charge in [-0.15, -0.1) is 0 Å². The highest BCUT2D eigenvalue weighted by Crippen LogP contribution is 2.40. The molecule has 2 saturated heterocycles. The molecule has 2 aliphatic rings. The molecular formula is C21H32N4O2. The topological polar surface area (TPSA) is 56.8 Å². The number of piperidine rings is 2. The molecule has 0 N–H and O–H groups in total. The molecule has 0 aromatic carbocycles. The predicted octanol–water partition coefficient (Wildman–Crippen LogP) is 2.79. The molecule has 0 unspecified atom stereocenters. The third kappa shape index (κ3) is 4.60. The molecule has 148 valence electrons. The van der Waals surface area contributed by atoms with Crippen molar-refractivity contribution in [3.8, 4) is 0 Å². The minimum Gasteiger partial charge on any atom is -0.342 e. The van der Waals surface area contributed by atoms with Gasteiger partial charge in [-0.05, 0) is 62.6 Å². The zero-order valence-electron chi connectivity index (χ0n) is 16.7. The van der Waals surface area contributed by atoms with Crippen LogP contribution < -0.4 is 0 Å². The van der Waals surface area contributed by atoms with Crippen LogP contribution in [0.2, 0.25) is 0 Å². The molecule has 2 aliphatic heterocycles. The SMILES string of the molecule is CCN(CC)C(=O)N1CCC2(CCC(=O)N(CCc3ccncc3)C2)CC1. The quantitative estimate of drug-likeness (QED) is 0.799. The zero-order chi connectivity index (χ0) is 19.3. The number of hydrogen-bond donors (Lipinski definition) is 0. The van der Waals surface area contributed by atoms with Gasteiger partial charge in [-0.2, -0.15) is 0 Å². The van der Waals surface area contributed by atoms with Gasteiger partial charge in [-0.1, -0.05) is 0 Å². The summed E-state index contributed by atoms with van der Waals surface area (Å²) >= 11 is 0. The van der Waals surface area contributed by atoms with Crippen LogP contribution >= 0.6 is 0 Å². The van der Waals surface area contributed by atoms with E-state index in [4.69, 9.17) is 0 Å². The van der Waals surface area contributed by atoms with E-state index in [2.05, 4.69) is 4.98 Å². The fourth-order valence-corrected chi connectivity index (χ4v) is 4.39. The van der Waals surface area contributed by atoms with E-state index < -0.39 is 0 Å². The van der Waals surface area contributed by atoms with E-state index in [-0.39, 0.29) is 17.4 Å². The van der Waals surface area contributed by atoms with Crippen LogP contribution in [-0.2, 0) is 11.2 Å². The third-order valence-corrected chi connectivity index (χ3v) is 6.30. The van der Waals surface area contributed by atoms with Crippen LogP contribution in [0.4, 0.5) is 4.79 Å². The number of carbonyl (C=O) groups is 2. The molecule has 1 spiro atoms. The maximum absolute atomic E-state index is 12.6. The molecule has 0 radical (unpaired) electrons. The molecule has 3 rings (SSSR count). The van der Waals surface area contributed by atoms with Crippen LogP contribution in [0.25, 0.3) is 0 Å². The summed E-state index contributed by atoms with van der Waals surface area (Å²) in [5, 5.41) is 0. The molecule has 6 heteroatoms. The lowest BCUT2D eigenvalue weighted by atomic mass is 9.72. The lowest BCUT2D eigenvalue weighted by molar-refractivity contribution is -0.138. The Morgan fingerprint density at radius 2 is 1.81 bits per heavy atom. The van der Waals surface area contributed by atoms with Crippen LogP contribution in [0.15, 0.2) is 24.5 Å². The van der Waals surface area contributed by atoms with Crippen molar-refractivity contribution in [1.29, 1.82) is 0 Å². The van der Waals surface area contributed by atoms with Gasteiger partial charge in [-0.25, -0.2) is 4.79 Å². The molecule has 3 heterocycles. The third-order valence-electron chi connectivity index (χ3n) is 6.30. The molecule has 1 aromatic rings. The van der Waals surface area contributed by atoms with Crippen molar-refractivity contribution >= 4 is 11.9 Å². The monoisotopic (exact) mass is 372 g/mol. The van der Waals surface area contributed by atoms with Gasteiger partial charge in [0.25, 0.3) is 0 Å². The van der Waals surface area contributed by atoms with Gasteiger partial charge < -0.3 is 14.7 Å². The van der Waals surface area contributed by atoms with Crippen LogP contribution in [0.1, 0.15) is 45.1 Å². The average Bonchev–Trinajstić information content (AvgIpc) is 2.71. The van der Waals surface area contributed by atoms with Crippen molar-refractivity contribution in [1.82, 2.24) is 19.7 Å². The van der Waals surface area contributed by atoms with E-state index in [1.54, 1.807) is 12.4 Å². The minimum absolute atomic E-state index is 0.163. The first-order valence-electron chi connectivity index (χ1n) is 10.3. The van der Waals surface area contributed by atoms with Gasteiger partial charge in [-0.3, -0.25) is 9.78 Å². The molecule has 0 atom stereocenters. The van der Waals surface area contributed by atoms with E-state index in [9.17, 15) is 9.59 Å². The maximum Gasteiger partial charge on any atom is 0.319 e. The van der Waals surface area contributed by atoms with Crippen molar-refractivity contribution in [2.45, 2.75) is 46.0 Å². The Bertz CT molecular complexity index is 637. The maximum atomic E-state index is 12.6. The molecule has 6 nitrogen and oxygen atoms in total. The number of nitrogens with zero attached hydrogens (tertiary/aromatic N) is 4. The first-order chi connectivity index (χ1) is 13.1. The standard InChI is InChI=1S/C21H32N4O2/c1-3-23(4-2)20(27)24-15-10-21(11-16-24)9-5-19(26)25(17-21)14-8-18-6-12-22-13-7-18/h6-7,12-13H,3-5,8-11,14-17H2,1-2H3. The second kappa shape index (κ2) is 8.72. The van der Waals surface area contributed by atoms with Gasteiger partial charge in [0, 0.05) is 58.1 Å². The van der Waals surface area contributed by atoms with Gasteiger partial charge in [0.15, 0.2) is 0 Å². The van der Waals surface area contributed by atoms with Gasteiger partial charge in [0.1, 0.15) is 0 Å². The van der Waals surface area contributed by atoms with E-state index in [1.807, 2.05) is 40.7 Å². The highest BCUT2D eigenvalue weighted by atomic mass is 16.2. The Morgan fingerprint density at radius 3 is 2.44 bits per heavy atom. The summed E-state index contributed by atoms with van der Waals surface area (Å²) < 4.78 is 0. The summed E-state index contributed by atoms with van der Waals surface area (Å²) in [6.07, 6.45) is 8.08. The second-order valence-corrected chi connectivity index (χ2v) is 7.86. The van der Waals surface area contributed by atoms with Crippen LogP contribution in [0.5, 0.6) is 0 Å². The number of amides is 3. The zero-order valence-corrected chi connectivity index (χ0v) is 16.7. The van der Waals surface area contributed by atoms with Crippen LogP contribution in [-0.4, -0.2) is 70.9 Å². The number of hydrogen-bond acceptors (Lipinski definition) is 3. The van der Waals surface area contributed by atoms with E-state index in [0.717, 1.165) is 65.0 Å². The minimum atomic E-state index is 0.163. The Labute approximate surface area is 162 Å². The largest absolute Gasteiger partial charge is 0.342 e. The van der Waals surface area contributed by atoms with Crippen molar-refractivity contribution < 1.29 is 9.59 Å². The van der Waals surface area contributed by atoms with Crippen molar-refractivity contribution in [3.05, 3.63) is 30.1 Å². The predicted molar refractivity (Wildman–Crippen MR) is 105 cm³/mol. The van der Waals surface area contributed by atoms with Crippen LogP contribution in [0, 0.1) is 5.41 Å². The smallest absolute Gasteiger partial charge is 0.319 e. The fourth-order valence-electron chi connectivity index (χ4n) is 4.39. The molecule has 0 bridgehead atoms. The number of pyridine rings is 1. The average molecular weight is 373 g/mol. The highest BCUT2D eigenvalue weighted by molar-refractivity contribution is 5.77. The Hall–Kier alpha value is -2.11. The summed E-state index contributed by atoms with van der Waals surface area (Å²) in [4.78, 5) is 35.0. The summed E-state index contributed by atoms with van der Waals surface area (Å²) in [6, 6.07) is 4.19. The summed E-state index contributed by atoms with van der Waals surface area (Å²) in [7, 11) is 0. The number of aromatic nitrogens is 1. The van der Waals surface area contributed by atoms with Crippen molar-refractivity contribution in [3.63, 3.8) is 0 Å². The summed E-state index contributed by atoms with van der Waals surface area (Å²) in [5.74, 6) is 0.274. The molecule has 3 amide bonds. The fraction of sp³-hybridized carbons (Fsp3) is 0.667. The number of likely N-dealkylation sites (tertiary alicyclic amines) is 2. The molecule has 2 fully saturated rings. The van der Waals surface area contributed by atoms with Gasteiger partial charge in [0.2, 0.25) is 5.91 Å².